The topological polar surface area (TPSA) is 30.3 Å². The van der Waals surface area contributed by atoms with E-state index in [9.17, 15) is 13.2 Å². The van der Waals surface area contributed by atoms with Gasteiger partial charge in [0.05, 0.1) is 15.0 Å². The Bertz CT molecular complexity index is 635. The van der Waals surface area contributed by atoms with Gasteiger partial charge in [-0.2, -0.15) is 0 Å². The molecule has 0 saturated heterocycles. The first kappa shape index (κ1) is 15.9. The molecule has 0 bridgehead atoms. The fourth-order valence-corrected chi connectivity index (χ4v) is 2.61. The molecule has 0 atom stereocenters. The summed E-state index contributed by atoms with van der Waals surface area (Å²) >= 11 is 2.19. The smallest absolute Gasteiger partial charge is 0.406 e. The van der Waals surface area contributed by atoms with Crippen LogP contribution in [0.2, 0.25) is 0 Å². The number of rotatable bonds is 3. The molecule has 4 nitrogen and oxygen atoms in total. The van der Waals surface area contributed by atoms with Crippen LogP contribution in [-0.4, -0.2) is 30.2 Å². The molecule has 0 N–H and O–H groups in total. The number of ether oxygens (including phenoxy) is 1. The molecule has 0 aliphatic heterocycles. The summed E-state index contributed by atoms with van der Waals surface area (Å²) in [6.07, 6.45) is -4.68. The first-order chi connectivity index (χ1) is 9.69. The summed E-state index contributed by atoms with van der Waals surface area (Å²) in [6, 6.07) is 5.62. The van der Waals surface area contributed by atoms with Gasteiger partial charge in [-0.05, 0) is 53.8 Å². The Hall–Kier alpha value is -1.45. The molecule has 8 heteroatoms. The van der Waals surface area contributed by atoms with Gasteiger partial charge in [0.25, 0.3) is 0 Å². The second-order valence-electron chi connectivity index (χ2n) is 4.57. The van der Waals surface area contributed by atoms with Crippen molar-refractivity contribution >= 4 is 28.4 Å². The third-order valence-electron chi connectivity index (χ3n) is 2.76. The molecule has 2 aromatic rings. The van der Waals surface area contributed by atoms with Gasteiger partial charge in [-0.15, -0.1) is 18.3 Å². The predicted molar refractivity (Wildman–Crippen MR) is 82.0 cm³/mol. The van der Waals surface area contributed by atoms with Gasteiger partial charge in [-0.25, -0.2) is 4.68 Å². The van der Waals surface area contributed by atoms with Crippen LogP contribution in [-0.2, 0) is 0 Å². The molecule has 1 aromatic carbocycles. The monoisotopic (exact) mass is 411 g/mol. The zero-order chi connectivity index (χ0) is 15.8. The van der Waals surface area contributed by atoms with Gasteiger partial charge in [0.2, 0.25) is 0 Å². The van der Waals surface area contributed by atoms with Gasteiger partial charge < -0.3 is 9.64 Å². The van der Waals surface area contributed by atoms with Crippen LogP contribution in [0.4, 0.5) is 19.0 Å². The molecule has 2 rings (SSSR count). The maximum atomic E-state index is 12.1. The molecule has 0 amide bonds. The van der Waals surface area contributed by atoms with Crippen LogP contribution in [0.3, 0.4) is 0 Å². The van der Waals surface area contributed by atoms with Crippen LogP contribution in [0.15, 0.2) is 24.3 Å². The van der Waals surface area contributed by atoms with Crippen molar-refractivity contribution in [3.05, 3.63) is 33.5 Å². The number of hydrogen-bond donors (Lipinski definition) is 0. The number of alkyl halides is 3. The van der Waals surface area contributed by atoms with Crippen molar-refractivity contribution in [1.29, 1.82) is 0 Å². The molecule has 21 heavy (non-hydrogen) atoms. The lowest BCUT2D eigenvalue weighted by Crippen LogP contribution is -2.17. The van der Waals surface area contributed by atoms with E-state index >= 15 is 0 Å². The predicted octanol–water partition coefficient (Wildman–Crippen LogP) is 3.75. The minimum Gasteiger partial charge on any atom is -0.406 e. The van der Waals surface area contributed by atoms with E-state index in [1.54, 1.807) is 4.68 Å². The highest BCUT2D eigenvalue weighted by molar-refractivity contribution is 14.1. The summed E-state index contributed by atoms with van der Waals surface area (Å²) in [5, 5.41) is 4.46. The average molecular weight is 411 g/mol. The number of aromatic nitrogens is 2. The summed E-state index contributed by atoms with van der Waals surface area (Å²) in [7, 11) is 3.77. The van der Waals surface area contributed by atoms with Gasteiger partial charge in [0, 0.05) is 14.1 Å². The molecule has 0 spiro atoms. The van der Waals surface area contributed by atoms with E-state index in [0.29, 0.717) is 5.69 Å². The van der Waals surface area contributed by atoms with Crippen LogP contribution in [0.5, 0.6) is 5.75 Å². The number of halogens is 4. The number of hydrogen-bond acceptors (Lipinski definition) is 3. The Morgan fingerprint density at radius 2 is 1.76 bits per heavy atom. The minimum absolute atomic E-state index is 0.251. The normalized spacial score (nSPS) is 11.6. The molecular weight excluding hydrogens is 398 g/mol. The lowest BCUT2D eigenvalue weighted by molar-refractivity contribution is -0.274. The van der Waals surface area contributed by atoms with Crippen LogP contribution in [0.25, 0.3) is 5.69 Å². The first-order valence-electron chi connectivity index (χ1n) is 5.97. The van der Waals surface area contributed by atoms with Crippen molar-refractivity contribution in [2.45, 2.75) is 13.3 Å². The van der Waals surface area contributed by atoms with Crippen LogP contribution in [0.1, 0.15) is 5.69 Å². The van der Waals surface area contributed by atoms with Gasteiger partial charge >= 0.3 is 6.36 Å². The standard InChI is InChI=1S/C13H13F3IN3O/c1-8-11(17)12(19(2)3)18-20(8)9-4-6-10(7-5-9)21-13(14,15)16/h4-7H,1-3H3. The molecule has 1 heterocycles. The molecule has 114 valence electrons. The highest BCUT2D eigenvalue weighted by atomic mass is 127. The third-order valence-corrected chi connectivity index (χ3v) is 4.03. The van der Waals surface area contributed by atoms with Crippen molar-refractivity contribution in [3.8, 4) is 11.4 Å². The minimum atomic E-state index is -4.68. The molecule has 0 aliphatic rings. The maximum absolute atomic E-state index is 12.1. The first-order valence-corrected chi connectivity index (χ1v) is 7.05. The van der Waals surface area contributed by atoms with Crippen molar-refractivity contribution < 1.29 is 17.9 Å². The van der Waals surface area contributed by atoms with Crippen molar-refractivity contribution in [3.63, 3.8) is 0 Å². The lowest BCUT2D eigenvalue weighted by atomic mass is 10.3. The van der Waals surface area contributed by atoms with Crippen LogP contribution < -0.4 is 9.64 Å². The van der Waals surface area contributed by atoms with E-state index in [-0.39, 0.29) is 5.75 Å². The summed E-state index contributed by atoms with van der Waals surface area (Å²) in [5.41, 5.74) is 1.59. The second kappa shape index (κ2) is 5.74. The quantitative estimate of drug-likeness (QED) is 0.721. The fourth-order valence-electron chi connectivity index (χ4n) is 1.79. The molecule has 0 unspecified atom stereocenters. The van der Waals surface area contributed by atoms with Crippen molar-refractivity contribution in [2.24, 2.45) is 0 Å². The SMILES string of the molecule is Cc1c(I)c(N(C)C)nn1-c1ccc(OC(F)(F)F)cc1. The fraction of sp³-hybridized carbons (Fsp3) is 0.308. The van der Waals surface area contributed by atoms with Gasteiger partial charge in [-0.3, -0.25) is 0 Å². The molecule has 1 aromatic heterocycles. The number of anilines is 1. The van der Waals surface area contributed by atoms with Crippen molar-refractivity contribution in [1.82, 2.24) is 9.78 Å². The highest BCUT2D eigenvalue weighted by Crippen LogP contribution is 2.27. The van der Waals surface area contributed by atoms with Crippen LogP contribution in [0, 0.1) is 10.5 Å². The Morgan fingerprint density at radius 3 is 2.19 bits per heavy atom. The van der Waals surface area contributed by atoms with Crippen molar-refractivity contribution in [2.75, 3.05) is 19.0 Å². The van der Waals surface area contributed by atoms with E-state index in [2.05, 4.69) is 32.4 Å². The van der Waals surface area contributed by atoms with E-state index < -0.39 is 6.36 Å². The summed E-state index contributed by atoms with van der Waals surface area (Å²) < 4.78 is 42.9. The zero-order valence-corrected chi connectivity index (χ0v) is 13.7. The second-order valence-corrected chi connectivity index (χ2v) is 5.65. The maximum Gasteiger partial charge on any atom is 0.573 e. The lowest BCUT2D eigenvalue weighted by Gasteiger charge is -2.10. The van der Waals surface area contributed by atoms with Gasteiger partial charge in [0.1, 0.15) is 5.75 Å². The third kappa shape index (κ3) is 3.60. The number of nitrogens with zero attached hydrogens (tertiary/aromatic N) is 3. The van der Waals surface area contributed by atoms with E-state index in [0.717, 1.165) is 15.1 Å². The summed E-state index contributed by atoms with van der Waals surface area (Å²) in [5.74, 6) is 0.558. The Balaban J connectivity index is 2.33. The molecule has 0 saturated carbocycles. The molecule has 0 radical (unpaired) electrons. The largest absolute Gasteiger partial charge is 0.573 e. The number of benzene rings is 1. The Kier molecular flexibility index (Phi) is 4.35. The van der Waals surface area contributed by atoms with E-state index in [4.69, 9.17) is 0 Å². The Labute approximate surface area is 133 Å². The van der Waals surface area contributed by atoms with Crippen LogP contribution >= 0.6 is 22.6 Å². The molecular formula is C13H13F3IN3O. The zero-order valence-electron chi connectivity index (χ0n) is 11.6. The van der Waals surface area contributed by atoms with Gasteiger partial charge in [-0.1, -0.05) is 0 Å². The molecule has 0 fully saturated rings. The molecule has 0 aliphatic carbocycles. The Morgan fingerprint density at radius 1 is 1.19 bits per heavy atom. The van der Waals surface area contributed by atoms with E-state index in [1.807, 2.05) is 25.9 Å². The van der Waals surface area contributed by atoms with Gasteiger partial charge in [0.15, 0.2) is 5.82 Å². The average Bonchev–Trinajstić information content (AvgIpc) is 2.66. The highest BCUT2D eigenvalue weighted by Gasteiger charge is 2.31. The summed E-state index contributed by atoms with van der Waals surface area (Å²) in [6.45, 7) is 1.90. The summed E-state index contributed by atoms with van der Waals surface area (Å²) in [4.78, 5) is 1.88. The van der Waals surface area contributed by atoms with E-state index in [1.165, 1.54) is 24.3 Å².